The molecular weight excluding hydrogens is 221 g/mol. The standard InChI is InChI=1S/C10H13F3N2O/c1-6-4-7(9(14)15-5-6)8(16)2-3-10(11,12)13/h4-5,8,16H,2-3H2,1H3,(H2,14,15). The van der Waals surface area contributed by atoms with E-state index in [0.29, 0.717) is 0 Å². The lowest BCUT2D eigenvalue weighted by Gasteiger charge is -2.14. The molecule has 16 heavy (non-hydrogen) atoms. The highest BCUT2D eigenvalue weighted by atomic mass is 19.4. The third kappa shape index (κ3) is 3.69. The first-order valence-corrected chi connectivity index (χ1v) is 4.76. The Morgan fingerprint density at radius 3 is 2.69 bits per heavy atom. The molecule has 0 aliphatic heterocycles. The fourth-order valence-corrected chi connectivity index (χ4v) is 1.33. The van der Waals surface area contributed by atoms with Crippen molar-refractivity contribution >= 4 is 5.82 Å². The van der Waals surface area contributed by atoms with Crippen molar-refractivity contribution in [1.82, 2.24) is 4.98 Å². The summed E-state index contributed by atoms with van der Waals surface area (Å²) in [7, 11) is 0. The van der Waals surface area contributed by atoms with Gasteiger partial charge in [-0.15, -0.1) is 0 Å². The summed E-state index contributed by atoms with van der Waals surface area (Å²) in [5, 5.41) is 9.57. The predicted molar refractivity (Wildman–Crippen MR) is 53.6 cm³/mol. The maximum atomic E-state index is 12.0. The Bertz CT molecular complexity index is 366. The van der Waals surface area contributed by atoms with E-state index in [9.17, 15) is 18.3 Å². The number of alkyl halides is 3. The van der Waals surface area contributed by atoms with Crippen LogP contribution in [0.5, 0.6) is 0 Å². The second-order valence-corrected chi connectivity index (χ2v) is 3.66. The molecule has 0 fully saturated rings. The molecule has 0 aliphatic carbocycles. The number of nitrogen functional groups attached to an aromatic ring is 1. The van der Waals surface area contributed by atoms with Crippen LogP contribution in [0.3, 0.4) is 0 Å². The summed E-state index contributed by atoms with van der Waals surface area (Å²) in [6.45, 7) is 1.73. The molecule has 0 spiro atoms. The Kier molecular flexibility index (Phi) is 3.74. The van der Waals surface area contributed by atoms with Gasteiger partial charge in [0.05, 0.1) is 6.10 Å². The molecule has 0 bridgehead atoms. The van der Waals surface area contributed by atoms with Crippen molar-refractivity contribution in [2.75, 3.05) is 5.73 Å². The summed E-state index contributed by atoms with van der Waals surface area (Å²) in [6.07, 6.45) is -5.45. The number of anilines is 1. The van der Waals surface area contributed by atoms with Gasteiger partial charge < -0.3 is 10.8 Å². The fourth-order valence-electron chi connectivity index (χ4n) is 1.33. The molecule has 3 N–H and O–H groups in total. The summed E-state index contributed by atoms with van der Waals surface area (Å²) in [6, 6.07) is 1.55. The lowest BCUT2D eigenvalue weighted by Crippen LogP contribution is -2.11. The van der Waals surface area contributed by atoms with E-state index in [4.69, 9.17) is 5.73 Å². The average Bonchev–Trinajstić information content (AvgIpc) is 2.17. The number of nitrogens with two attached hydrogens (primary N) is 1. The molecule has 0 aromatic carbocycles. The number of nitrogens with zero attached hydrogens (tertiary/aromatic N) is 1. The van der Waals surface area contributed by atoms with E-state index in [-0.39, 0.29) is 11.4 Å². The van der Waals surface area contributed by atoms with Crippen LogP contribution in [0.2, 0.25) is 0 Å². The van der Waals surface area contributed by atoms with E-state index in [2.05, 4.69) is 4.98 Å². The van der Waals surface area contributed by atoms with E-state index in [0.717, 1.165) is 5.56 Å². The molecule has 6 heteroatoms. The van der Waals surface area contributed by atoms with E-state index in [1.807, 2.05) is 0 Å². The Hall–Kier alpha value is -1.30. The van der Waals surface area contributed by atoms with E-state index < -0.39 is 25.1 Å². The molecule has 1 atom stereocenters. The number of hydrogen-bond donors (Lipinski definition) is 2. The molecule has 0 aliphatic rings. The number of rotatable bonds is 3. The molecular formula is C10H13F3N2O. The van der Waals surface area contributed by atoms with E-state index >= 15 is 0 Å². The number of aryl methyl sites for hydroxylation is 1. The van der Waals surface area contributed by atoms with Gasteiger partial charge in [0.1, 0.15) is 5.82 Å². The van der Waals surface area contributed by atoms with Gasteiger partial charge in [-0.25, -0.2) is 4.98 Å². The number of aliphatic hydroxyl groups is 1. The third-order valence-electron chi connectivity index (χ3n) is 2.15. The molecule has 1 aromatic rings. The molecule has 90 valence electrons. The van der Waals surface area contributed by atoms with Crippen LogP contribution in [0, 0.1) is 6.92 Å². The van der Waals surface area contributed by atoms with Gasteiger partial charge in [-0.1, -0.05) is 0 Å². The minimum atomic E-state index is -4.27. The quantitative estimate of drug-likeness (QED) is 0.843. The maximum Gasteiger partial charge on any atom is 0.389 e. The highest BCUT2D eigenvalue weighted by Crippen LogP contribution is 2.29. The van der Waals surface area contributed by atoms with E-state index in [1.165, 1.54) is 6.20 Å². The van der Waals surface area contributed by atoms with Crippen molar-refractivity contribution < 1.29 is 18.3 Å². The fraction of sp³-hybridized carbons (Fsp3) is 0.500. The Morgan fingerprint density at radius 2 is 2.12 bits per heavy atom. The number of hydrogen-bond acceptors (Lipinski definition) is 3. The van der Waals surface area contributed by atoms with Gasteiger partial charge in [-0.05, 0) is 25.0 Å². The number of pyridine rings is 1. The second kappa shape index (κ2) is 4.69. The first-order valence-electron chi connectivity index (χ1n) is 4.76. The monoisotopic (exact) mass is 234 g/mol. The van der Waals surface area contributed by atoms with Crippen molar-refractivity contribution in [3.8, 4) is 0 Å². The third-order valence-corrected chi connectivity index (χ3v) is 2.15. The first kappa shape index (κ1) is 12.8. The lowest BCUT2D eigenvalue weighted by molar-refractivity contribution is -0.140. The van der Waals surface area contributed by atoms with Crippen molar-refractivity contribution in [2.45, 2.75) is 32.0 Å². The summed E-state index contributed by atoms with van der Waals surface area (Å²) >= 11 is 0. The van der Waals surface area contributed by atoms with Crippen LogP contribution in [-0.4, -0.2) is 16.3 Å². The lowest BCUT2D eigenvalue weighted by atomic mass is 10.0. The number of aromatic nitrogens is 1. The smallest absolute Gasteiger partial charge is 0.388 e. The van der Waals surface area contributed by atoms with Crippen molar-refractivity contribution in [1.29, 1.82) is 0 Å². The van der Waals surface area contributed by atoms with Crippen LogP contribution in [-0.2, 0) is 0 Å². The van der Waals surface area contributed by atoms with Crippen LogP contribution in [0.4, 0.5) is 19.0 Å². The molecule has 1 rings (SSSR count). The molecule has 1 heterocycles. The van der Waals surface area contributed by atoms with E-state index in [1.54, 1.807) is 13.0 Å². The van der Waals surface area contributed by atoms with Gasteiger partial charge in [0.2, 0.25) is 0 Å². The molecule has 1 unspecified atom stereocenters. The zero-order valence-electron chi connectivity index (χ0n) is 8.75. The zero-order valence-corrected chi connectivity index (χ0v) is 8.75. The van der Waals surface area contributed by atoms with Gasteiger partial charge in [0.15, 0.2) is 0 Å². The van der Waals surface area contributed by atoms with Crippen LogP contribution >= 0.6 is 0 Å². The number of aliphatic hydroxyl groups excluding tert-OH is 1. The van der Waals surface area contributed by atoms with Crippen LogP contribution in [0.25, 0.3) is 0 Å². The van der Waals surface area contributed by atoms with Crippen LogP contribution in [0.15, 0.2) is 12.3 Å². The van der Waals surface area contributed by atoms with Gasteiger partial charge >= 0.3 is 6.18 Å². The Labute approximate surface area is 91.1 Å². The van der Waals surface area contributed by atoms with Crippen LogP contribution < -0.4 is 5.73 Å². The normalized spacial score (nSPS) is 13.8. The minimum Gasteiger partial charge on any atom is -0.388 e. The molecule has 3 nitrogen and oxygen atoms in total. The molecule has 0 amide bonds. The van der Waals surface area contributed by atoms with Crippen molar-refractivity contribution in [3.05, 3.63) is 23.4 Å². The summed E-state index contributed by atoms with van der Waals surface area (Å²) in [4.78, 5) is 3.78. The Morgan fingerprint density at radius 1 is 1.50 bits per heavy atom. The molecule has 0 saturated heterocycles. The molecule has 0 radical (unpaired) electrons. The topological polar surface area (TPSA) is 59.1 Å². The van der Waals surface area contributed by atoms with Gasteiger partial charge in [-0.2, -0.15) is 13.2 Å². The number of halogens is 3. The maximum absolute atomic E-state index is 12.0. The van der Waals surface area contributed by atoms with Crippen molar-refractivity contribution in [3.63, 3.8) is 0 Å². The van der Waals surface area contributed by atoms with Crippen molar-refractivity contribution in [2.24, 2.45) is 0 Å². The average molecular weight is 234 g/mol. The molecule has 1 aromatic heterocycles. The SMILES string of the molecule is Cc1cnc(N)c(C(O)CCC(F)(F)F)c1. The molecule has 0 saturated carbocycles. The summed E-state index contributed by atoms with van der Waals surface area (Å²) in [5.41, 5.74) is 6.48. The van der Waals surface area contributed by atoms with Crippen LogP contribution in [0.1, 0.15) is 30.1 Å². The summed E-state index contributed by atoms with van der Waals surface area (Å²) < 4.78 is 35.9. The van der Waals surface area contributed by atoms with Gasteiger partial charge in [-0.3, -0.25) is 0 Å². The zero-order chi connectivity index (χ0) is 12.3. The summed E-state index contributed by atoms with van der Waals surface area (Å²) in [5.74, 6) is 0.0697. The highest BCUT2D eigenvalue weighted by Gasteiger charge is 2.28. The van der Waals surface area contributed by atoms with Gasteiger partial charge in [0.25, 0.3) is 0 Å². The minimum absolute atomic E-state index is 0.0697. The van der Waals surface area contributed by atoms with Gasteiger partial charge in [0, 0.05) is 18.2 Å². The Balaban J connectivity index is 2.73. The second-order valence-electron chi connectivity index (χ2n) is 3.66. The largest absolute Gasteiger partial charge is 0.389 e. The predicted octanol–water partition coefficient (Wildman–Crippen LogP) is 2.35. The highest BCUT2D eigenvalue weighted by molar-refractivity contribution is 5.42. The first-order chi connectivity index (χ1) is 7.29.